The van der Waals surface area contributed by atoms with Crippen LogP contribution in [0.1, 0.15) is 354 Å². The molecule has 90 heavy (non-hydrogen) atoms. The third-order valence-electron chi connectivity index (χ3n) is 17.7. The number of rotatable bonds is 67. The molecule has 1 heterocycles. The number of unbranched alkanes of at least 4 members (excludes halogenated alkanes) is 43. The number of hydrogen-bond acceptors (Lipinski definition) is 10. The van der Waals surface area contributed by atoms with E-state index < -0.39 is 49.5 Å². The Bertz CT molecular complexity index is 1730. The van der Waals surface area contributed by atoms with Crippen LogP contribution in [-0.2, 0) is 23.8 Å². The largest absolute Gasteiger partial charge is 0.466 e. The van der Waals surface area contributed by atoms with E-state index in [1.807, 2.05) is 6.08 Å². The monoisotopic (exact) mass is 1270 g/mol. The molecule has 11 heteroatoms. The highest BCUT2D eigenvalue weighted by Crippen LogP contribution is 2.23. The van der Waals surface area contributed by atoms with Crippen molar-refractivity contribution in [2.75, 3.05) is 19.8 Å². The van der Waals surface area contributed by atoms with E-state index in [2.05, 4.69) is 79.9 Å². The highest BCUT2D eigenvalue weighted by molar-refractivity contribution is 5.76. The molecule has 1 aliphatic rings. The van der Waals surface area contributed by atoms with Crippen LogP contribution in [0.4, 0.5) is 0 Å². The van der Waals surface area contributed by atoms with Gasteiger partial charge in [-0.2, -0.15) is 0 Å². The van der Waals surface area contributed by atoms with E-state index in [0.717, 1.165) is 70.6 Å². The Balaban J connectivity index is 1.92. The minimum Gasteiger partial charge on any atom is -0.466 e. The summed E-state index contributed by atoms with van der Waals surface area (Å²) in [7, 11) is 0. The topological polar surface area (TPSA) is 175 Å². The van der Waals surface area contributed by atoms with Gasteiger partial charge in [0.25, 0.3) is 0 Å². The van der Waals surface area contributed by atoms with Gasteiger partial charge in [-0.25, -0.2) is 0 Å². The molecule has 11 nitrogen and oxygen atoms in total. The number of amides is 1. The summed E-state index contributed by atoms with van der Waals surface area (Å²) in [5.74, 6) is -0.192. The number of hydrogen-bond donors (Lipinski definition) is 6. The van der Waals surface area contributed by atoms with Crippen molar-refractivity contribution in [1.29, 1.82) is 0 Å². The molecule has 0 radical (unpaired) electrons. The number of aliphatic hydroxyl groups excluding tert-OH is 5. The summed E-state index contributed by atoms with van der Waals surface area (Å²) in [5, 5.41) is 54.5. The van der Waals surface area contributed by atoms with Gasteiger partial charge in [-0.15, -0.1) is 0 Å². The second-order valence-electron chi connectivity index (χ2n) is 26.3. The van der Waals surface area contributed by atoms with Crippen molar-refractivity contribution in [2.24, 2.45) is 0 Å². The average Bonchev–Trinajstić information content (AvgIpc) is 1.86. The van der Waals surface area contributed by atoms with Gasteiger partial charge >= 0.3 is 5.97 Å². The summed E-state index contributed by atoms with van der Waals surface area (Å²) in [5.41, 5.74) is 0. The van der Waals surface area contributed by atoms with Crippen LogP contribution in [0.2, 0.25) is 0 Å². The van der Waals surface area contributed by atoms with Crippen LogP contribution in [0.15, 0.2) is 72.9 Å². The maximum atomic E-state index is 13.1. The maximum Gasteiger partial charge on any atom is 0.305 e. The lowest BCUT2D eigenvalue weighted by atomic mass is 9.99. The number of ether oxygens (including phenoxy) is 3. The molecule has 0 spiro atoms. The van der Waals surface area contributed by atoms with E-state index in [1.54, 1.807) is 6.08 Å². The standard InChI is InChI=1S/C79H143NO10/c1-3-5-7-9-11-13-15-42-47-51-55-59-63-67-75(84)88-68-64-60-56-52-48-44-41-39-37-35-33-31-29-27-25-23-21-19-17-18-20-22-24-26-28-30-32-34-36-38-40-43-46-50-54-58-62-66-74(83)80-71(70-89-79-78(87)77(86)76(85)73(69-81)90-79)72(82)65-61-57-53-49-45-16-14-12-10-8-6-4-2/h7,9,13,15,17,19,23,25,45,49,61,65,71-73,76-79,81-82,85-87H,3-6,8,10-12,14,16,18,20-22,24,26-44,46-48,50-60,62-64,66-70H2,1-2H3,(H,80,83)/b9-7-,15-13-,19-17-,25-23-,49-45+,65-61+. The van der Waals surface area contributed by atoms with E-state index in [9.17, 15) is 35.1 Å². The summed E-state index contributed by atoms with van der Waals surface area (Å²) in [4.78, 5) is 25.1. The molecule has 1 aliphatic heterocycles. The lowest BCUT2D eigenvalue weighted by Gasteiger charge is -2.40. The zero-order valence-corrected chi connectivity index (χ0v) is 58.3. The fourth-order valence-corrected chi connectivity index (χ4v) is 11.8. The first-order valence-electron chi connectivity index (χ1n) is 38.2. The van der Waals surface area contributed by atoms with Crippen molar-refractivity contribution in [3.8, 4) is 0 Å². The van der Waals surface area contributed by atoms with E-state index in [0.29, 0.717) is 19.4 Å². The number of esters is 1. The molecule has 0 saturated carbocycles. The van der Waals surface area contributed by atoms with Crippen LogP contribution in [0.3, 0.4) is 0 Å². The van der Waals surface area contributed by atoms with Gasteiger partial charge in [0, 0.05) is 12.8 Å². The Labute approximate surface area is 553 Å². The van der Waals surface area contributed by atoms with E-state index >= 15 is 0 Å². The Morgan fingerprint density at radius 1 is 0.411 bits per heavy atom. The minimum absolute atomic E-state index is 0.00331. The second kappa shape index (κ2) is 67.5. The summed E-state index contributed by atoms with van der Waals surface area (Å²) < 4.78 is 16.7. The first-order chi connectivity index (χ1) is 44.2. The quantitative estimate of drug-likeness (QED) is 0.0195. The third kappa shape index (κ3) is 55.5. The van der Waals surface area contributed by atoms with E-state index in [1.165, 1.54) is 257 Å². The maximum absolute atomic E-state index is 13.1. The fourth-order valence-electron chi connectivity index (χ4n) is 11.8. The first-order valence-corrected chi connectivity index (χ1v) is 38.2. The number of carbonyl (C=O) groups excluding carboxylic acids is 2. The zero-order chi connectivity index (χ0) is 65.1. The predicted octanol–water partition coefficient (Wildman–Crippen LogP) is 20.2. The van der Waals surface area contributed by atoms with Gasteiger partial charge in [0.2, 0.25) is 5.91 Å². The van der Waals surface area contributed by atoms with Crippen LogP contribution < -0.4 is 5.32 Å². The van der Waals surface area contributed by atoms with Gasteiger partial charge in [-0.3, -0.25) is 9.59 Å². The van der Waals surface area contributed by atoms with Crippen LogP contribution in [0.5, 0.6) is 0 Å². The molecule has 1 amide bonds. The lowest BCUT2D eigenvalue weighted by molar-refractivity contribution is -0.302. The first kappa shape index (κ1) is 85.1. The number of allylic oxidation sites excluding steroid dienone is 11. The number of carbonyl (C=O) groups is 2. The molecule has 6 N–H and O–H groups in total. The van der Waals surface area contributed by atoms with Crippen LogP contribution in [0.25, 0.3) is 0 Å². The number of nitrogens with one attached hydrogen (secondary N) is 1. The predicted molar refractivity (Wildman–Crippen MR) is 380 cm³/mol. The highest BCUT2D eigenvalue weighted by atomic mass is 16.7. The summed E-state index contributed by atoms with van der Waals surface area (Å²) >= 11 is 0. The van der Waals surface area contributed by atoms with Crippen LogP contribution in [-0.4, -0.2) is 100 Å². The lowest BCUT2D eigenvalue weighted by Crippen LogP contribution is -2.60. The van der Waals surface area contributed by atoms with Crippen molar-refractivity contribution < 1.29 is 49.3 Å². The van der Waals surface area contributed by atoms with E-state index in [4.69, 9.17) is 14.2 Å². The third-order valence-corrected chi connectivity index (χ3v) is 17.7. The van der Waals surface area contributed by atoms with Crippen molar-refractivity contribution in [3.05, 3.63) is 72.9 Å². The minimum atomic E-state index is -1.58. The van der Waals surface area contributed by atoms with Crippen molar-refractivity contribution in [3.63, 3.8) is 0 Å². The van der Waals surface area contributed by atoms with Gasteiger partial charge in [0.1, 0.15) is 24.4 Å². The smallest absolute Gasteiger partial charge is 0.305 e. The fraction of sp³-hybridized carbons (Fsp3) is 0.823. The molecule has 0 aliphatic carbocycles. The Morgan fingerprint density at radius 2 is 0.778 bits per heavy atom. The van der Waals surface area contributed by atoms with Crippen LogP contribution in [0, 0.1) is 0 Å². The Hall–Kier alpha value is -2.90. The molecule has 0 aromatic rings. The molecule has 0 bridgehead atoms. The Morgan fingerprint density at radius 3 is 1.21 bits per heavy atom. The Kier molecular flexibility index (Phi) is 63.9. The van der Waals surface area contributed by atoms with E-state index in [-0.39, 0.29) is 18.5 Å². The SMILES string of the molecule is CCC/C=C\C/C=C\CCCCCCCC(=O)OCCCCCCCCCCCCCCC/C=C\C/C=C\CCCCCCCCCCCCCCCCCCCC(=O)NC(COC1OC(CO)C(O)C(O)C1O)C(O)/C=C/CC/C=C/CCCCCCCC. The van der Waals surface area contributed by atoms with Crippen LogP contribution >= 0.6 is 0 Å². The summed E-state index contributed by atoms with van der Waals surface area (Å²) in [6, 6.07) is -0.826. The molecule has 0 aromatic heterocycles. The average molecular weight is 1270 g/mol. The normalized spacial score (nSPS) is 18.1. The summed E-state index contributed by atoms with van der Waals surface area (Å²) in [6.45, 7) is 4.27. The van der Waals surface area contributed by atoms with Crippen molar-refractivity contribution in [2.45, 2.75) is 397 Å². The molecule has 1 saturated heterocycles. The molecule has 0 aromatic carbocycles. The molecule has 7 atom stereocenters. The molecule has 1 rings (SSSR count). The zero-order valence-electron chi connectivity index (χ0n) is 58.3. The number of aliphatic hydroxyl groups is 5. The molecular weight excluding hydrogens is 1120 g/mol. The second-order valence-corrected chi connectivity index (χ2v) is 26.3. The molecule has 1 fully saturated rings. The highest BCUT2D eigenvalue weighted by Gasteiger charge is 2.44. The van der Waals surface area contributed by atoms with Gasteiger partial charge < -0.3 is 45.1 Å². The van der Waals surface area contributed by atoms with Crippen molar-refractivity contribution >= 4 is 11.9 Å². The molecule has 524 valence electrons. The molecular formula is C79H143NO10. The van der Waals surface area contributed by atoms with Crippen molar-refractivity contribution in [1.82, 2.24) is 5.32 Å². The van der Waals surface area contributed by atoms with Gasteiger partial charge in [0.15, 0.2) is 6.29 Å². The van der Waals surface area contributed by atoms with Gasteiger partial charge in [0.05, 0.1) is 32.0 Å². The molecule has 7 unspecified atom stereocenters. The van der Waals surface area contributed by atoms with Gasteiger partial charge in [-0.05, 0) is 103 Å². The van der Waals surface area contributed by atoms with Gasteiger partial charge in [-0.1, -0.05) is 311 Å². The summed E-state index contributed by atoms with van der Waals surface area (Å²) in [6.07, 6.45) is 82.1.